The van der Waals surface area contributed by atoms with Crippen LogP contribution in [-0.2, 0) is 14.4 Å². The number of ether oxygens (including phenoxy) is 2. The topological polar surface area (TPSA) is 118 Å². The van der Waals surface area contributed by atoms with Crippen molar-refractivity contribution < 1.29 is 23.9 Å². The van der Waals surface area contributed by atoms with Gasteiger partial charge >= 0.3 is 4.87 Å². The Kier molecular flexibility index (Phi) is 8.17. The molecule has 3 unspecified atom stereocenters. The Morgan fingerprint density at radius 3 is 2.53 bits per heavy atom. The van der Waals surface area contributed by atoms with E-state index in [1.165, 1.54) is 16.7 Å². The number of aryl methyl sites for hydroxylation is 1. The van der Waals surface area contributed by atoms with Crippen molar-refractivity contribution in [3.63, 3.8) is 0 Å². The van der Waals surface area contributed by atoms with Gasteiger partial charge in [-0.15, -0.1) is 0 Å². The van der Waals surface area contributed by atoms with Crippen LogP contribution in [0.2, 0.25) is 0 Å². The molecule has 2 aliphatic heterocycles. The highest BCUT2D eigenvalue weighted by molar-refractivity contribution is 9.10. The number of thioether (sulfide) groups is 1. The Hall–Kier alpha value is -3.87. The van der Waals surface area contributed by atoms with Crippen LogP contribution in [0.1, 0.15) is 28.8 Å². The van der Waals surface area contributed by atoms with Crippen LogP contribution < -0.4 is 24.6 Å². The number of halogens is 1. The molecule has 9 nitrogen and oxygen atoms in total. The summed E-state index contributed by atoms with van der Waals surface area (Å²) in [5, 5.41) is 2.70. The Morgan fingerprint density at radius 2 is 1.79 bits per heavy atom. The van der Waals surface area contributed by atoms with E-state index in [0.29, 0.717) is 44.9 Å². The molecule has 220 valence electrons. The maximum absolute atomic E-state index is 14.0. The predicted molar refractivity (Wildman–Crippen MR) is 169 cm³/mol. The van der Waals surface area contributed by atoms with Gasteiger partial charge in [0.25, 0.3) is 5.91 Å². The number of fused-ring (bicyclic) bond motifs is 2. The van der Waals surface area contributed by atoms with E-state index < -0.39 is 17.1 Å². The molecule has 43 heavy (non-hydrogen) atoms. The SMILES string of the molecule is CCOc1cc(C2c3sc(=O)[nH]c3SC3C(=O)N(c4ccc(Br)cc4)C(=O)C32)ccc1OCC(=O)Nc1cccc(C)c1. The fourth-order valence-electron chi connectivity index (χ4n) is 5.39. The number of aromatic amines is 1. The number of thiazole rings is 1. The summed E-state index contributed by atoms with van der Waals surface area (Å²) in [6.45, 7) is 3.87. The smallest absolute Gasteiger partial charge is 0.305 e. The summed E-state index contributed by atoms with van der Waals surface area (Å²) in [5.41, 5.74) is 2.89. The molecule has 2 aliphatic rings. The number of hydrogen-bond donors (Lipinski definition) is 2. The lowest BCUT2D eigenvalue weighted by Crippen LogP contribution is -2.32. The van der Waals surface area contributed by atoms with E-state index in [1.807, 2.05) is 32.0 Å². The summed E-state index contributed by atoms with van der Waals surface area (Å²) in [4.78, 5) is 57.2. The van der Waals surface area contributed by atoms with E-state index in [1.54, 1.807) is 48.5 Å². The molecule has 1 aromatic heterocycles. The average Bonchev–Trinajstić information content (AvgIpc) is 3.47. The van der Waals surface area contributed by atoms with Crippen LogP contribution >= 0.6 is 39.0 Å². The highest BCUT2D eigenvalue weighted by Crippen LogP contribution is 2.53. The quantitative estimate of drug-likeness (QED) is 0.229. The number of aromatic nitrogens is 1. The molecular formula is C31H26BrN3O6S2. The molecule has 0 aliphatic carbocycles. The zero-order valence-corrected chi connectivity index (χ0v) is 26.3. The van der Waals surface area contributed by atoms with Gasteiger partial charge in [-0.25, -0.2) is 4.90 Å². The van der Waals surface area contributed by atoms with Crippen molar-refractivity contribution in [2.45, 2.75) is 30.0 Å². The van der Waals surface area contributed by atoms with Gasteiger partial charge in [0.1, 0.15) is 5.25 Å². The number of carbonyl (C=O) groups is 3. The summed E-state index contributed by atoms with van der Waals surface area (Å²) in [7, 11) is 0. The zero-order chi connectivity index (χ0) is 30.2. The summed E-state index contributed by atoms with van der Waals surface area (Å²) in [5.74, 6) is -1.53. The Morgan fingerprint density at radius 1 is 1.00 bits per heavy atom. The summed E-state index contributed by atoms with van der Waals surface area (Å²) in [6.07, 6.45) is 0. The van der Waals surface area contributed by atoms with Crippen LogP contribution in [0.3, 0.4) is 0 Å². The molecule has 3 atom stereocenters. The lowest BCUT2D eigenvalue weighted by atomic mass is 9.83. The minimum atomic E-state index is -0.735. The van der Waals surface area contributed by atoms with E-state index in [-0.39, 0.29) is 29.2 Å². The van der Waals surface area contributed by atoms with Crippen LogP contribution in [0, 0.1) is 12.8 Å². The van der Waals surface area contributed by atoms with Crippen molar-refractivity contribution in [1.82, 2.24) is 4.98 Å². The Balaban J connectivity index is 1.31. The number of benzene rings is 3. The molecule has 2 N–H and O–H groups in total. The fourth-order valence-corrected chi connectivity index (χ4v) is 8.17. The lowest BCUT2D eigenvalue weighted by molar-refractivity contribution is -0.122. The van der Waals surface area contributed by atoms with Crippen LogP contribution in [0.25, 0.3) is 0 Å². The number of anilines is 2. The van der Waals surface area contributed by atoms with E-state index in [9.17, 15) is 19.2 Å². The van der Waals surface area contributed by atoms with Gasteiger partial charge in [-0.05, 0) is 73.5 Å². The lowest BCUT2D eigenvalue weighted by Gasteiger charge is -2.30. The third kappa shape index (κ3) is 5.74. The second-order valence-electron chi connectivity index (χ2n) is 10.1. The highest BCUT2D eigenvalue weighted by atomic mass is 79.9. The molecule has 0 saturated carbocycles. The van der Waals surface area contributed by atoms with Crippen LogP contribution in [0.5, 0.6) is 11.5 Å². The third-order valence-corrected chi connectivity index (χ3v) is 10.1. The molecule has 3 aromatic carbocycles. The van der Waals surface area contributed by atoms with E-state index in [2.05, 4.69) is 26.2 Å². The normalized spacial score (nSPS) is 19.1. The van der Waals surface area contributed by atoms with Gasteiger partial charge < -0.3 is 19.8 Å². The number of imide groups is 1. The van der Waals surface area contributed by atoms with E-state index in [0.717, 1.165) is 21.4 Å². The van der Waals surface area contributed by atoms with Gasteiger partial charge in [0.15, 0.2) is 18.1 Å². The van der Waals surface area contributed by atoms with E-state index >= 15 is 0 Å². The molecule has 3 heterocycles. The second-order valence-corrected chi connectivity index (χ2v) is 13.2. The molecule has 0 radical (unpaired) electrons. The molecular weight excluding hydrogens is 654 g/mol. The monoisotopic (exact) mass is 679 g/mol. The second kappa shape index (κ2) is 12.0. The van der Waals surface area contributed by atoms with Gasteiger partial charge in [0.2, 0.25) is 11.8 Å². The van der Waals surface area contributed by atoms with Gasteiger partial charge in [-0.1, -0.05) is 57.2 Å². The first kappa shape index (κ1) is 29.2. The van der Waals surface area contributed by atoms with Crippen molar-refractivity contribution in [2.75, 3.05) is 23.4 Å². The first-order chi connectivity index (χ1) is 20.7. The number of H-pyrrole nitrogens is 1. The molecule has 6 rings (SSSR count). The van der Waals surface area contributed by atoms with Crippen molar-refractivity contribution in [3.8, 4) is 11.5 Å². The third-order valence-electron chi connectivity index (χ3n) is 7.20. The Labute approximate surface area is 263 Å². The first-order valence-electron chi connectivity index (χ1n) is 13.5. The van der Waals surface area contributed by atoms with Crippen LogP contribution in [0.4, 0.5) is 11.4 Å². The van der Waals surface area contributed by atoms with Crippen molar-refractivity contribution >= 4 is 68.1 Å². The van der Waals surface area contributed by atoms with Crippen molar-refractivity contribution in [3.05, 3.63) is 96.9 Å². The van der Waals surface area contributed by atoms with Gasteiger partial charge in [0, 0.05) is 21.0 Å². The van der Waals surface area contributed by atoms with Gasteiger partial charge in [-0.2, -0.15) is 0 Å². The zero-order valence-electron chi connectivity index (χ0n) is 23.1. The largest absolute Gasteiger partial charge is 0.490 e. The van der Waals surface area contributed by atoms with Crippen molar-refractivity contribution in [2.24, 2.45) is 5.92 Å². The average molecular weight is 681 g/mol. The molecule has 1 saturated heterocycles. The highest BCUT2D eigenvalue weighted by Gasteiger charge is 2.56. The minimum absolute atomic E-state index is 0.239. The summed E-state index contributed by atoms with van der Waals surface area (Å²) >= 11 is 5.66. The van der Waals surface area contributed by atoms with Crippen LogP contribution in [-0.4, -0.2) is 41.2 Å². The molecule has 0 bridgehead atoms. The standard InChI is InChI=1S/C31H26BrN3O6S2/c1-3-40-22-14-17(7-12-21(22)41-15-23(36)33-19-6-4-5-16(2)13-19)24-25-27(42-28-26(24)43-31(39)34-28)30(38)35(29(25)37)20-10-8-18(32)9-11-20/h4-14,24-25,27H,3,15H2,1-2H3,(H,33,36)(H,34,39). The number of nitrogens with zero attached hydrogens (tertiary/aromatic N) is 1. The van der Waals surface area contributed by atoms with E-state index in [4.69, 9.17) is 9.47 Å². The van der Waals surface area contributed by atoms with Crippen LogP contribution in [0.15, 0.2) is 81.0 Å². The molecule has 3 amide bonds. The number of nitrogens with one attached hydrogen (secondary N) is 2. The molecule has 0 spiro atoms. The predicted octanol–water partition coefficient (Wildman–Crippen LogP) is 5.72. The number of amides is 3. The maximum atomic E-state index is 14.0. The Bertz CT molecular complexity index is 1790. The number of hydrogen-bond acceptors (Lipinski definition) is 8. The summed E-state index contributed by atoms with van der Waals surface area (Å²) in [6, 6.07) is 19.7. The molecule has 12 heteroatoms. The van der Waals surface area contributed by atoms with Gasteiger partial charge in [-0.3, -0.25) is 19.2 Å². The first-order valence-corrected chi connectivity index (χ1v) is 16.0. The maximum Gasteiger partial charge on any atom is 0.305 e. The van der Waals surface area contributed by atoms with Crippen molar-refractivity contribution in [1.29, 1.82) is 0 Å². The summed E-state index contributed by atoms with van der Waals surface area (Å²) < 4.78 is 12.6. The number of rotatable bonds is 8. The number of carbonyl (C=O) groups excluding carboxylic acids is 3. The fraction of sp³-hybridized carbons (Fsp3) is 0.226. The van der Waals surface area contributed by atoms with Gasteiger partial charge in [0.05, 0.1) is 23.2 Å². The molecule has 4 aromatic rings. The minimum Gasteiger partial charge on any atom is -0.490 e. The molecule has 1 fully saturated rings.